The van der Waals surface area contributed by atoms with Gasteiger partial charge in [-0.15, -0.1) is 0 Å². The van der Waals surface area contributed by atoms with E-state index in [1.807, 2.05) is 0 Å². The van der Waals surface area contributed by atoms with Gasteiger partial charge in [0.05, 0.1) is 6.54 Å². The van der Waals surface area contributed by atoms with Crippen LogP contribution in [-0.2, 0) is 11.3 Å². The highest BCUT2D eigenvalue weighted by molar-refractivity contribution is 5.67. The number of rotatable bonds is 4. The Hall–Kier alpha value is -1.85. The van der Waals surface area contributed by atoms with E-state index in [-0.39, 0.29) is 13.2 Å². The van der Waals surface area contributed by atoms with Gasteiger partial charge in [0, 0.05) is 0 Å². The van der Waals surface area contributed by atoms with Crippen LogP contribution in [0.5, 0.6) is 0 Å². The molecule has 1 heterocycles. The van der Waals surface area contributed by atoms with Gasteiger partial charge in [-0.25, -0.2) is 4.79 Å². The maximum absolute atomic E-state index is 10.8. The van der Waals surface area contributed by atoms with Crippen molar-refractivity contribution < 1.29 is 14.1 Å². The Labute approximate surface area is 74.6 Å². The van der Waals surface area contributed by atoms with Gasteiger partial charge >= 0.3 is 6.09 Å². The molecule has 0 aliphatic heterocycles. The van der Waals surface area contributed by atoms with Gasteiger partial charge in [-0.05, 0) is 0 Å². The zero-order valence-corrected chi connectivity index (χ0v) is 6.90. The Morgan fingerprint density at radius 1 is 1.85 bits per heavy atom. The van der Waals surface area contributed by atoms with Crippen molar-refractivity contribution in [2.24, 2.45) is 0 Å². The zero-order valence-electron chi connectivity index (χ0n) is 6.90. The molecular weight excluding hydrogens is 174 g/mol. The third-order valence-electron chi connectivity index (χ3n) is 1.13. The molecule has 1 amide bonds. The van der Waals surface area contributed by atoms with Gasteiger partial charge in [0.2, 0.25) is 6.39 Å². The lowest BCUT2D eigenvalue weighted by molar-refractivity contribution is 0.157. The molecule has 0 aliphatic carbocycles. The number of aromatic nitrogens is 2. The Balaban J connectivity index is 2.19. The van der Waals surface area contributed by atoms with Crippen LogP contribution in [0, 0.1) is 0 Å². The maximum Gasteiger partial charge on any atom is 0.407 e. The largest absolute Gasteiger partial charge is 0.445 e. The molecule has 0 aliphatic rings. The number of nitrogens with one attached hydrogen (secondary N) is 1. The predicted molar refractivity (Wildman–Crippen MR) is 42.7 cm³/mol. The van der Waals surface area contributed by atoms with Crippen LogP contribution in [0.1, 0.15) is 5.82 Å². The lowest BCUT2D eigenvalue weighted by Gasteiger charge is -2.01. The molecule has 0 saturated heterocycles. The molecule has 1 aromatic heterocycles. The molecule has 0 spiro atoms. The Kier molecular flexibility index (Phi) is 3.49. The van der Waals surface area contributed by atoms with Crippen LogP contribution in [0.4, 0.5) is 4.79 Å². The van der Waals surface area contributed by atoms with Crippen molar-refractivity contribution in [2.45, 2.75) is 6.54 Å². The number of alkyl carbamates (subject to hydrolysis) is 1. The first-order valence-corrected chi connectivity index (χ1v) is 3.59. The fraction of sp³-hybridized carbons (Fsp3) is 0.286. The molecule has 0 aromatic carbocycles. The third kappa shape index (κ3) is 3.37. The molecule has 70 valence electrons. The average Bonchev–Trinajstić information content (AvgIpc) is 2.64. The van der Waals surface area contributed by atoms with Crippen molar-refractivity contribution >= 4 is 6.09 Å². The minimum Gasteiger partial charge on any atom is -0.445 e. The summed E-state index contributed by atoms with van der Waals surface area (Å²) in [5, 5.41) is 5.92. The molecule has 0 atom stereocenters. The summed E-state index contributed by atoms with van der Waals surface area (Å²) in [7, 11) is 0. The predicted octanol–water partition coefficient (Wildman–Crippen LogP) is 0.482. The lowest BCUT2D eigenvalue weighted by atomic mass is 10.6. The summed E-state index contributed by atoms with van der Waals surface area (Å²) in [4.78, 5) is 14.5. The molecule has 13 heavy (non-hydrogen) atoms. The third-order valence-corrected chi connectivity index (χ3v) is 1.13. The number of carbonyl (C=O) groups excluding carboxylic acids is 1. The second-order valence-electron chi connectivity index (χ2n) is 2.09. The summed E-state index contributed by atoms with van der Waals surface area (Å²) >= 11 is 0. The number of carbonyl (C=O) groups is 1. The molecule has 0 saturated carbocycles. The molecule has 6 nitrogen and oxygen atoms in total. The average molecular weight is 183 g/mol. The summed E-state index contributed by atoms with van der Waals surface area (Å²) < 4.78 is 9.09. The van der Waals surface area contributed by atoms with Gasteiger partial charge in [-0.1, -0.05) is 17.8 Å². The van der Waals surface area contributed by atoms with E-state index in [1.165, 1.54) is 12.5 Å². The lowest BCUT2D eigenvalue weighted by Crippen LogP contribution is -2.24. The van der Waals surface area contributed by atoms with Gasteiger partial charge in [0.1, 0.15) is 6.61 Å². The highest BCUT2D eigenvalue weighted by Gasteiger charge is 2.02. The topological polar surface area (TPSA) is 77.2 Å². The Morgan fingerprint density at radius 2 is 2.69 bits per heavy atom. The normalized spacial score (nSPS) is 9.23. The highest BCUT2D eigenvalue weighted by atomic mass is 16.5. The van der Waals surface area contributed by atoms with Crippen LogP contribution in [0.25, 0.3) is 0 Å². The van der Waals surface area contributed by atoms with Crippen molar-refractivity contribution in [1.82, 2.24) is 15.5 Å². The van der Waals surface area contributed by atoms with Gasteiger partial charge in [-0.2, -0.15) is 4.98 Å². The van der Waals surface area contributed by atoms with Gasteiger partial charge < -0.3 is 14.6 Å². The van der Waals surface area contributed by atoms with E-state index in [0.717, 1.165) is 0 Å². The molecular formula is C7H9N3O3. The molecule has 0 bridgehead atoms. The maximum atomic E-state index is 10.8. The van der Waals surface area contributed by atoms with E-state index < -0.39 is 6.09 Å². The SMILES string of the molecule is C=CCOC(=O)NCc1ncon1. The second-order valence-corrected chi connectivity index (χ2v) is 2.09. The fourth-order valence-corrected chi connectivity index (χ4v) is 0.607. The van der Waals surface area contributed by atoms with Crippen molar-refractivity contribution in [1.29, 1.82) is 0 Å². The summed E-state index contributed by atoms with van der Waals surface area (Å²) in [6, 6.07) is 0. The van der Waals surface area contributed by atoms with E-state index in [1.54, 1.807) is 0 Å². The molecule has 1 rings (SSSR count). The van der Waals surface area contributed by atoms with Crippen LogP contribution in [-0.4, -0.2) is 22.8 Å². The Bertz CT molecular complexity index is 271. The summed E-state index contributed by atoms with van der Waals surface area (Å²) in [6.45, 7) is 3.76. The summed E-state index contributed by atoms with van der Waals surface area (Å²) in [5.74, 6) is 0.399. The zero-order chi connectivity index (χ0) is 9.52. The van der Waals surface area contributed by atoms with E-state index in [9.17, 15) is 4.79 Å². The van der Waals surface area contributed by atoms with Gasteiger partial charge in [0.25, 0.3) is 0 Å². The molecule has 6 heteroatoms. The van der Waals surface area contributed by atoms with Crippen LogP contribution in [0.3, 0.4) is 0 Å². The first kappa shape index (κ1) is 9.24. The number of ether oxygens (including phenoxy) is 1. The minimum atomic E-state index is -0.537. The van der Waals surface area contributed by atoms with Gasteiger partial charge in [0.15, 0.2) is 5.82 Å². The van der Waals surface area contributed by atoms with Crippen molar-refractivity contribution in [2.75, 3.05) is 6.61 Å². The quantitative estimate of drug-likeness (QED) is 0.687. The van der Waals surface area contributed by atoms with E-state index in [0.29, 0.717) is 5.82 Å². The second kappa shape index (κ2) is 4.91. The minimum absolute atomic E-state index is 0.179. The van der Waals surface area contributed by atoms with Crippen molar-refractivity contribution in [3.05, 3.63) is 24.9 Å². The monoisotopic (exact) mass is 183 g/mol. The van der Waals surface area contributed by atoms with Gasteiger partial charge in [-0.3, -0.25) is 0 Å². The standard InChI is InChI=1S/C7H9N3O3/c1-2-3-12-7(11)8-4-6-9-5-13-10-6/h2,5H,1,3-4H2,(H,8,11). The van der Waals surface area contributed by atoms with Crippen molar-refractivity contribution in [3.8, 4) is 0 Å². The summed E-state index contributed by atoms with van der Waals surface area (Å²) in [6.07, 6.45) is 2.13. The van der Waals surface area contributed by atoms with Crippen LogP contribution in [0.15, 0.2) is 23.6 Å². The smallest absolute Gasteiger partial charge is 0.407 e. The molecule has 1 aromatic rings. The van der Waals surface area contributed by atoms with E-state index in [4.69, 9.17) is 0 Å². The highest BCUT2D eigenvalue weighted by Crippen LogP contribution is 1.87. The number of amides is 1. The first-order valence-electron chi connectivity index (χ1n) is 3.59. The van der Waals surface area contributed by atoms with E-state index in [2.05, 4.69) is 31.3 Å². The van der Waals surface area contributed by atoms with Crippen molar-refractivity contribution in [3.63, 3.8) is 0 Å². The van der Waals surface area contributed by atoms with E-state index >= 15 is 0 Å². The number of nitrogens with zero attached hydrogens (tertiary/aromatic N) is 2. The molecule has 0 fully saturated rings. The van der Waals surface area contributed by atoms with Crippen LogP contribution < -0.4 is 5.32 Å². The fourth-order valence-electron chi connectivity index (χ4n) is 0.607. The van der Waals surface area contributed by atoms with Crippen LogP contribution >= 0.6 is 0 Å². The molecule has 0 radical (unpaired) electrons. The first-order chi connectivity index (χ1) is 6.33. The summed E-state index contributed by atoms with van der Waals surface area (Å²) in [5.41, 5.74) is 0. The molecule has 1 N–H and O–H groups in total. The molecule has 0 unspecified atom stereocenters. The number of hydrogen-bond donors (Lipinski definition) is 1. The number of hydrogen-bond acceptors (Lipinski definition) is 5. The Morgan fingerprint density at radius 3 is 3.31 bits per heavy atom. The van der Waals surface area contributed by atoms with Crippen LogP contribution in [0.2, 0.25) is 0 Å².